The van der Waals surface area contributed by atoms with Crippen LogP contribution in [-0.2, 0) is 0 Å². The first-order valence-corrected chi connectivity index (χ1v) is 8.77. The summed E-state index contributed by atoms with van der Waals surface area (Å²) in [6, 6.07) is 18.0. The van der Waals surface area contributed by atoms with Crippen molar-refractivity contribution in [2.24, 2.45) is 5.92 Å². The normalized spacial score (nSPS) is 21.8. The molecule has 4 nitrogen and oxygen atoms in total. The summed E-state index contributed by atoms with van der Waals surface area (Å²) in [7, 11) is 0. The standard InChI is InChI=1S/C21H19N3O/c25-21(15-7-8-19-14(10-15)4-3-9-23-19)24-13-16-11-22-12-18(16)17-5-1-2-6-20(17)24/h1-10,16,18,22H,11-13H2. The number of aromatic nitrogens is 1. The van der Waals surface area contributed by atoms with E-state index in [9.17, 15) is 4.79 Å². The zero-order chi connectivity index (χ0) is 16.8. The molecule has 2 unspecified atom stereocenters. The van der Waals surface area contributed by atoms with E-state index >= 15 is 0 Å². The summed E-state index contributed by atoms with van der Waals surface area (Å²) in [5.41, 5.74) is 3.99. The Balaban J connectivity index is 1.57. The molecule has 5 rings (SSSR count). The highest BCUT2D eigenvalue weighted by Crippen LogP contribution is 2.40. The fraction of sp³-hybridized carbons (Fsp3) is 0.238. The van der Waals surface area contributed by atoms with E-state index in [1.54, 1.807) is 6.20 Å². The van der Waals surface area contributed by atoms with Gasteiger partial charge in [-0.1, -0.05) is 24.3 Å². The molecule has 2 aliphatic rings. The smallest absolute Gasteiger partial charge is 0.258 e. The number of amides is 1. The molecule has 1 amide bonds. The predicted octanol–water partition coefficient (Wildman–Crippen LogP) is 3.20. The number of pyridine rings is 1. The first-order valence-electron chi connectivity index (χ1n) is 8.77. The summed E-state index contributed by atoms with van der Waals surface area (Å²) < 4.78 is 0. The summed E-state index contributed by atoms with van der Waals surface area (Å²) in [5.74, 6) is 1.07. The highest BCUT2D eigenvalue weighted by Gasteiger charge is 2.38. The molecule has 0 spiro atoms. The maximum absolute atomic E-state index is 13.3. The minimum absolute atomic E-state index is 0.0727. The van der Waals surface area contributed by atoms with Crippen LogP contribution >= 0.6 is 0 Å². The van der Waals surface area contributed by atoms with Crippen LogP contribution in [0, 0.1) is 5.92 Å². The molecule has 124 valence electrons. The molecular formula is C21H19N3O. The van der Waals surface area contributed by atoms with Crippen molar-refractivity contribution < 1.29 is 4.79 Å². The third-order valence-electron chi connectivity index (χ3n) is 5.48. The third-order valence-corrected chi connectivity index (χ3v) is 5.48. The van der Waals surface area contributed by atoms with Crippen molar-refractivity contribution in [3.05, 3.63) is 71.9 Å². The number of hydrogen-bond donors (Lipinski definition) is 1. The van der Waals surface area contributed by atoms with Crippen molar-refractivity contribution >= 4 is 22.5 Å². The van der Waals surface area contributed by atoms with Crippen LogP contribution in [0.3, 0.4) is 0 Å². The van der Waals surface area contributed by atoms with Crippen LogP contribution in [0.4, 0.5) is 5.69 Å². The van der Waals surface area contributed by atoms with Crippen LogP contribution in [0.15, 0.2) is 60.8 Å². The van der Waals surface area contributed by atoms with Crippen LogP contribution in [0.25, 0.3) is 10.9 Å². The summed E-state index contributed by atoms with van der Waals surface area (Å²) in [6.07, 6.45) is 1.78. The SMILES string of the molecule is O=C(c1ccc2ncccc2c1)N1CC2CNCC2c2ccccc21. The maximum Gasteiger partial charge on any atom is 0.258 e. The lowest BCUT2D eigenvalue weighted by molar-refractivity contribution is 0.0980. The Morgan fingerprint density at radius 2 is 2.00 bits per heavy atom. The van der Waals surface area contributed by atoms with Crippen LogP contribution in [-0.4, -0.2) is 30.5 Å². The third kappa shape index (κ3) is 2.33. The topological polar surface area (TPSA) is 45.2 Å². The van der Waals surface area contributed by atoms with Gasteiger partial charge in [0.2, 0.25) is 0 Å². The van der Waals surface area contributed by atoms with Crippen LogP contribution in [0.2, 0.25) is 0 Å². The van der Waals surface area contributed by atoms with E-state index in [4.69, 9.17) is 0 Å². The van der Waals surface area contributed by atoms with E-state index in [1.807, 2.05) is 41.3 Å². The van der Waals surface area contributed by atoms with Gasteiger partial charge in [0.1, 0.15) is 0 Å². The number of nitrogens with one attached hydrogen (secondary N) is 1. The van der Waals surface area contributed by atoms with E-state index in [0.29, 0.717) is 11.8 Å². The van der Waals surface area contributed by atoms with E-state index < -0.39 is 0 Å². The van der Waals surface area contributed by atoms with Crippen molar-refractivity contribution in [1.29, 1.82) is 0 Å². The largest absolute Gasteiger partial charge is 0.316 e. The van der Waals surface area contributed by atoms with Crippen molar-refractivity contribution in [2.75, 3.05) is 24.5 Å². The summed E-state index contributed by atoms with van der Waals surface area (Å²) in [5, 5.41) is 4.48. The Kier molecular flexibility index (Phi) is 3.31. The molecule has 1 saturated heterocycles. The molecule has 2 atom stereocenters. The Labute approximate surface area is 146 Å². The lowest BCUT2D eigenvalue weighted by Gasteiger charge is -2.36. The van der Waals surface area contributed by atoms with Gasteiger partial charge in [-0.25, -0.2) is 0 Å². The van der Waals surface area contributed by atoms with Gasteiger partial charge in [0, 0.05) is 48.4 Å². The number of nitrogens with zero attached hydrogens (tertiary/aromatic N) is 2. The molecule has 3 heterocycles. The highest BCUT2D eigenvalue weighted by atomic mass is 16.2. The average molecular weight is 329 g/mol. The zero-order valence-electron chi connectivity index (χ0n) is 13.9. The number of carbonyl (C=O) groups is 1. The number of anilines is 1. The number of para-hydroxylation sites is 1. The number of rotatable bonds is 1. The van der Waals surface area contributed by atoms with Crippen LogP contribution in [0.5, 0.6) is 0 Å². The first-order chi connectivity index (χ1) is 12.3. The lowest BCUT2D eigenvalue weighted by Crippen LogP contribution is -2.41. The second kappa shape index (κ2) is 5.67. The second-order valence-electron chi connectivity index (χ2n) is 6.91. The van der Waals surface area contributed by atoms with E-state index in [2.05, 4.69) is 28.5 Å². The maximum atomic E-state index is 13.3. The highest BCUT2D eigenvalue weighted by molar-refractivity contribution is 6.08. The molecule has 2 aliphatic heterocycles. The van der Waals surface area contributed by atoms with Gasteiger partial charge in [0.05, 0.1) is 5.52 Å². The van der Waals surface area contributed by atoms with Gasteiger partial charge >= 0.3 is 0 Å². The zero-order valence-corrected chi connectivity index (χ0v) is 13.9. The van der Waals surface area contributed by atoms with Gasteiger partial charge in [-0.15, -0.1) is 0 Å². The molecule has 1 aromatic heterocycles. The minimum Gasteiger partial charge on any atom is -0.316 e. The van der Waals surface area contributed by atoms with Gasteiger partial charge in [0.25, 0.3) is 5.91 Å². The number of fused-ring (bicyclic) bond motifs is 4. The fourth-order valence-electron chi connectivity index (χ4n) is 4.23. The number of carbonyl (C=O) groups excluding carboxylic acids is 1. The predicted molar refractivity (Wildman–Crippen MR) is 99.0 cm³/mol. The monoisotopic (exact) mass is 329 g/mol. The molecule has 1 N–H and O–H groups in total. The van der Waals surface area contributed by atoms with Gasteiger partial charge in [-0.05, 0) is 41.8 Å². The Hall–Kier alpha value is -2.72. The molecule has 1 fully saturated rings. The molecule has 0 aliphatic carbocycles. The lowest BCUT2D eigenvalue weighted by atomic mass is 9.83. The molecule has 2 aromatic carbocycles. The van der Waals surface area contributed by atoms with Crippen LogP contribution in [0.1, 0.15) is 21.8 Å². The second-order valence-corrected chi connectivity index (χ2v) is 6.91. The summed E-state index contributed by atoms with van der Waals surface area (Å²) >= 11 is 0. The van der Waals surface area contributed by atoms with Crippen molar-refractivity contribution in [3.63, 3.8) is 0 Å². The van der Waals surface area contributed by atoms with Gasteiger partial charge in [0.15, 0.2) is 0 Å². The first kappa shape index (κ1) is 14.6. The van der Waals surface area contributed by atoms with Gasteiger partial charge in [-0.2, -0.15) is 0 Å². The number of benzene rings is 2. The van der Waals surface area contributed by atoms with Gasteiger partial charge < -0.3 is 10.2 Å². The van der Waals surface area contributed by atoms with Crippen LogP contribution < -0.4 is 10.2 Å². The van der Waals surface area contributed by atoms with Crippen molar-refractivity contribution in [1.82, 2.24) is 10.3 Å². The molecule has 0 radical (unpaired) electrons. The average Bonchev–Trinajstić information content (AvgIpc) is 3.15. The minimum atomic E-state index is 0.0727. The van der Waals surface area contributed by atoms with Crippen molar-refractivity contribution in [2.45, 2.75) is 5.92 Å². The quantitative estimate of drug-likeness (QED) is 0.746. The Bertz CT molecular complexity index is 968. The molecule has 3 aromatic rings. The molecule has 0 saturated carbocycles. The molecule has 25 heavy (non-hydrogen) atoms. The Morgan fingerprint density at radius 3 is 2.96 bits per heavy atom. The van der Waals surface area contributed by atoms with Crippen molar-refractivity contribution in [3.8, 4) is 0 Å². The van der Waals surface area contributed by atoms with E-state index in [0.717, 1.165) is 41.8 Å². The molecule has 4 heteroatoms. The Morgan fingerprint density at radius 1 is 1.08 bits per heavy atom. The number of hydrogen-bond acceptors (Lipinski definition) is 3. The summed E-state index contributed by atoms with van der Waals surface area (Å²) in [4.78, 5) is 19.6. The fourth-order valence-corrected chi connectivity index (χ4v) is 4.23. The summed E-state index contributed by atoms with van der Waals surface area (Å²) in [6.45, 7) is 2.76. The van der Waals surface area contributed by atoms with E-state index in [1.165, 1.54) is 5.56 Å². The molecular weight excluding hydrogens is 310 g/mol. The molecule has 0 bridgehead atoms. The van der Waals surface area contributed by atoms with Gasteiger partial charge in [-0.3, -0.25) is 9.78 Å². The van der Waals surface area contributed by atoms with E-state index in [-0.39, 0.29) is 5.91 Å².